The molecular formula is C10H10FNOS. The van der Waals surface area contributed by atoms with Gasteiger partial charge in [-0.25, -0.2) is 4.39 Å². The first-order valence-corrected chi connectivity index (χ1v) is 4.53. The SMILES string of the molecule is CNC(=S)CC(=O)c1cccc(F)c1. The molecule has 1 aromatic carbocycles. The number of benzene rings is 1. The fourth-order valence-corrected chi connectivity index (χ4v) is 1.13. The summed E-state index contributed by atoms with van der Waals surface area (Å²) in [5.41, 5.74) is 0.350. The average Bonchev–Trinajstić information content (AvgIpc) is 2.17. The zero-order valence-electron chi connectivity index (χ0n) is 7.71. The molecule has 0 fully saturated rings. The van der Waals surface area contributed by atoms with Gasteiger partial charge in [0.25, 0.3) is 0 Å². The molecule has 0 heterocycles. The quantitative estimate of drug-likeness (QED) is 0.612. The standard InChI is InChI=1S/C10H10FNOS/c1-12-10(14)6-9(13)7-3-2-4-8(11)5-7/h2-5H,6H2,1H3,(H,12,14). The van der Waals surface area contributed by atoms with E-state index in [1.54, 1.807) is 13.1 Å². The van der Waals surface area contributed by atoms with Gasteiger partial charge < -0.3 is 5.32 Å². The van der Waals surface area contributed by atoms with Crippen LogP contribution in [-0.4, -0.2) is 17.8 Å². The molecule has 0 aliphatic carbocycles. The summed E-state index contributed by atoms with van der Waals surface area (Å²) < 4.78 is 12.7. The smallest absolute Gasteiger partial charge is 0.169 e. The van der Waals surface area contributed by atoms with Crippen molar-refractivity contribution >= 4 is 23.0 Å². The minimum absolute atomic E-state index is 0.120. The van der Waals surface area contributed by atoms with Gasteiger partial charge in [0.1, 0.15) is 5.82 Å². The third-order valence-electron chi connectivity index (χ3n) is 1.75. The normalized spacial score (nSPS) is 9.57. The van der Waals surface area contributed by atoms with Crippen LogP contribution in [0.5, 0.6) is 0 Å². The second kappa shape index (κ2) is 4.81. The average molecular weight is 211 g/mol. The summed E-state index contributed by atoms with van der Waals surface area (Å²) in [6.07, 6.45) is 0.120. The highest BCUT2D eigenvalue weighted by Crippen LogP contribution is 2.06. The lowest BCUT2D eigenvalue weighted by atomic mass is 10.1. The van der Waals surface area contributed by atoms with Crippen molar-refractivity contribution in [2.75, 3.05) is 7.05 Å². The summed E-state index contributed by atoms with van der Waals surface area (Å²) in [5.74, 6) is -0.588. The van der Waals surface area contributed by atoms with Crippen molar-refractivity contribution < 1.29 is 9.18 Å². The van der Waals surface area contributed by atoms with E-state index < -0.39 is 5.82 Å². The lowest BCUT2D eigenvalue weighted by Gasteiger charge is -2.02. The number of hydrogen-bond acceptors (Lipinski definition) is 2. The second-order valence-corrected chi connectivity index (χ2v) is 3.28. The van der Waals surface area contributed by atoms with Gasteiger partial charge in [-0.15, -0.1) is 0 Å². The van der Waals surface area contributed by atoms with Crippen LogP contribution in [0.25, 0.3) is 0 Å². The molecule has 0 unspecified atom stereocenters. The summed E-state index contributed by atoms with van der Waals surface area (Å²) in [6, 6.07) is 5.59. The van der Waals surface area contributed by atoms with Gasteiger partial charge in [0.2, 0.25) is 0 Å². The molecule has 0 bridgehead atoms. The van der Waals surface area contributed by atoms with Crippen LogP contribution in [0.3, 0.4) is 0 Å². The minimum Gasteiger partial charge on any atom is -0.382 e. The maximum absolute atomic E-state index is 12.7. The maximum Gasteiger partial charge on any atom is 0.169 e. The molecule has 0 aliphatic rings. The number of thiocarbonyl (C=S) groups is 1. The van der Waals surface area contributed by atoms with E-state index >= 15 is 0 Å². The van der Waals surface area contributed by atoms with Crippen molar-refractivity contribution in [3.63, 3.8) is 0 Å². The first-order chi connectivity index (χ1) is 6.63. The van der Waals surface area contributed by atoms with Crippen molar-refractivity contribution in [2.24, 2.45) is 0 Å². The lowest BCUT2D eigenvalue weighted by Crippen LogP contribution is -2.19. The first-order valence-electron chi connectivity index (χ1n) is 4.13. The van der Waals surface area contributed by atoms with E-state index in [0.29, 0.717) is 10.6 Å². The fraction of sp³-hybridized carbons (Fsp3) is 0.200. The molecule has 2 nitrogen and oxygen atoms in total. The highest BCUT2D eigenvalue weighted by molar-refractivity contribution is 7.80. The van der Waals surface area contributed by atoms with Crippen LogP contribution in [0.4, 0.5) is 4.39 Å². The Labute approximate surface area is 87.1 Å². The van der Waals surface area contributed by atoms with Gasteiger partial charge in [-0.1, -0.05) is 24.4 Å². The number of ketones is 1. The Kier molecular flexibility index (Phi) is 3.71. The van der Waals surface area contributed by atoms with E-state index in [2.05, 4.69) is 5.32 Å². The third-order valence-corrected chi connectivity index (χ3v) is 2.10. The molecular weight excluding hydrogens is 201 g/mol. The van der Waals surface area contributed by atoms with Crippen LogP contribution in [0, 0.1) is 5.82 Å². The van der Waals surface area contributed by atoms with Gasteiger partial charge in [-0.2, -0.15) is 0 Å². The maximum atomic E-state index is 12.7. The van der Waals surface area contributed by atoms with Crippen molar-refractivity contribution in [3.8, 4) is 0 Å². The number of halogens is 1. The molecule has 0 aliphatic heterocycles. The van der Waals surface area contributed by atoms with Crippen LogP contribution < -0.4 is 5.32 Å². The highest BCUT2D eigenvalue weighted by Gasteiger charge is 2.08. The summed E-state index contributed by atoms with van der Waals surface area (Å²) in [5, 5.41) is 2.70. The Morgan fingerprint density at radius 3 is 2.86 bits per heavy atom. The van der Waals surface area contributed by atoms with E-state index in [0.717, 1.165) is 0 Å². The molecule has 4 heteroatoms. The number of Topliss-reactive ketones (excluding diaryl/α,β-unsaturated/α-hetero) is 1. The Hall–Kier alpha value is -1.29. The Morgan fingerprint density at radius 2 is 2.29 bits per heavy atom. The number of hydrogen-bond donors (Lipinski definition) is 1. The fourth-order valence-electron chi connectivity index (χ4n) is 0.998. The second-order valence-electron chi connectivity index (χ2n) is 2.78. The predicted molar refractivity (Wildman–Crippen MR) is 57.0 cm³/mol. The molecule has 14 heavy (non-hydrogen) atoms. The lowest BCUT2D eigenvalue weighted by molar-refractivity contribution is 0.1000. The monoisotopic (exact) mass is 211 g/mol. The van der Waals surface area contributed by atoms with Crippen LogP contribution in [0.15, 0.2) is 24.3 Å². The first kappa shape index (κ1) is 10.8. The largest absolute Gasteiger partial charge is 0.382 e. The van der Waals surface area contributed by atoms with Gasteiger partial charge in [0.05, 0.1) is 11.4 Å². The van der Waals surface area contributed by atoms with E-state index in [-0.39, 0.29) is 12.2 Å². The van der Waals surface area contributed by atoms with Crippen molar-refractivity contribution in [1.29, 1.82) is 0 Å². The summed E-state index contributed by atoms with van der Waals surface area (Å²) >= 11 is 4.84. The minimum atomic E-state index is -0.411. The van der Waals surface area contributed by atoms with E-state index in [1.807, 2.05) is 0 Å². The zero-order valence-corrected chi connectivity index (χ0v) is 8.53. The van der Waals surface area contributed by atoms with Crippen LogP contribution in [0.2, 0.25) is 0 Å². The van der Waals surface area contributed by atoms with E-state index in [1.165, 1.54) is 18.2 Å². The Morgan fingerprint density at radius 1 is 1.57 bits per heavy atom. The summed E-state index contributed by atoms with van der Waals surface area (Å²) in [6.45, 7) is 0. The van der Waals surface area contributed by atoms with E-state index in [4.69, 9.17) is 12.2 Å². The zero-order chi connectivity index (χ0) is 10.6. The van der Waals surface area contributed by atoms with Crippen molar-refractivity contribution in [3.05, 3.63) is 35.6 Å². The Balaban J connectivity index is 2.75. The molecule has 0 radical (unpaired) electrons. The van der Waals surface area contributed by atoms with Gasteiger partial charge >= 0.3 is 0 Å². The molecule has 74 valence electrons. The van der Waals surface area contributed by atoms with Crippen LogP contribution in [-0.2, 0) is 0 Å². The van der Waals surface area contributed by atoms with Gasteiger partial charge in [-0.05, 0) is 12.1 Å². The molecule has 0 amide bonds. The van der Waals surface area contributed by atoms with Gasteiger partial charge in [0.15, 0.2) is 5.78 Å². The number of nitrogens with one attached hydrogen (secondary N) is 1. The van der Waals surface area contributed by atoms with Gasteiger partial charge in [-0.3, -0.25) is 4.79 Å². The molecule has 0 atom stereocenters. The number of carbonyl (C=O) groups is 1. The van der Waals surface area contributed by atoms with Crippen LogP contribution in [0.1, 0.15) is 16.8 Å². The van der Waals surface area contributed by atoms with Crippen molar-refractivity contribution in [1.82, 2.24) is 5.32 Å². The summed E-state index contributed by atoms with van der Waals surface area (Å²) in [4.78, 5) is 11.9. The van der Waals surface area contributed by atoms with E-state index in [9.17, 15) is 9.18 Å². The summed E-state index contributed by atoms with van der Waals surface area (Å²) in [7, 11) is 1.65. The van der Waals surface area contributed by atoms with Crippen molar-refractivity contribution in [2.45, 2.75) is 6.42 Å². The number of rotatable bonds is 3. The molecule has 1 aromatic rings. The molecule has 1 N–H and O–H groups in total. The number of carbonyl (C=O) groups excluding carboxylic acids is 1. The topological polar surface area (TPSA) is 29.1 Å². The third kappa shape index (κ3) is 2.88. The van der Waals surface area contributed by atoms with Gasteiger partial charge in [0, 0.05) is 12.6 Å². The molecule has 0 aromatic heterocycles. The molecule has 1 rings (SSSR count). The molecule has 0 spiro atoms. The Bertz CT molecular complexity index is 365. The molecule has 0 saturated carbocycles. The highest BCUT2D eigenvalue weighted by atomic mass is 32.1. The van der Waals surface area contributed by atoms with Crippen LogP contribution >= 0.6 is 12.2 Å². The molecule has 0 saturated heterocycles. The predicted octanol–water partition coefficient (Wildman–Crippen LogP) is 1.95.